The highest BCUT2D eigenvalue weighted by Gasteiger charge is 2.29. The van der Waals surface area contributed by atoms with Crippen molar-refractivity contribution in [2.75, 3.05) is 13.2 Å². The summed E-state index contributed by atoms with van der Waals surface area (Å²) >= 11 is 0. The van der Waals surface area contributed by atoms with Crippen LogP contribution < -0.4 is 0 Å². The number of aromatic nitrogens is 1. The molecule has 88 valence electrons. The number of H-pyrrole nitrogens is 1. The lowest BCUT2D eigenvalue weighted by Crippen LogP contribution is -2.35. The Morgan fingerprint density at radius 1 is 1.62 bits per heavy atom. The summed E-state index contributed by atoms with van der Waals surface area (Å²) in [5, 5.41) is 8.83. The lowest BCUT2D eigenvalue weighted by Gasteiger charge is -2.24. The molecular weight excluding hydrogens is 204 g/mol. The minimum atomic E-state index is 0.0884. The summed E-state index contributed by atoms with van der Waals surface area (Å²) in [4.78, 5) is 17.0. The molecule has 4 nitrogen and oxygen atoms in total. The molecule has 1 aliphatic heterocycles. The van der Waals surface area contributed by atoms with E-state index in [1.54, 1.807) is 6.20 Å². The number of hydrogen-bond acceptors (Lipinski definition) is 2. The predicted molar refractivity (Wildman–Crippen MR) is 61.2 cm³/mol. The van der Waals surface area contributed by atoms with Gasteiger partial charge in [-0.15, -0.1) is 0 Å². The highest BCUT2D eigenvalue weighted by Crippen LogP contribution is 2.22. The molecule has 0 aliphatic carbocycles. The standard InChI is InChI=1S/C12H18N2O2/c15-9-3-5-10-4-2-8-14(10)12(16)11-6-1-7-13-11/h1,6-7,10,13,15H,2-5,8-9H2. The normalized spacial score (nSPS) is 20.3. The van der Waals surface area contributed by atoms with Gasteiger partial charge in [-0.1, -0.05) is 0 Å². The van der Waals surface area contributed by atoms with E-state index in [1.807, 2.05) is 17.0 Å². The fraction of sp³-hybridized carbons (Fsp3) is 0.583. The second kappa shape index (κ2) is 5.16. The van der Waals surface area contributed by atoms with Gasteiger partial charge < -0.3 is 15.0 Å². The van der Waals surface area contributed by atoms with Gasteiger partial charge in [0.05, 0.1) is 0 Å². The predicted octanol–water partition coefficient (Wildman–Crippen LogP) is 1.39. The van der Waals surface area contributed by atoms with Crippen LogP contribution in [0.4, 0.5) is 0 Å². The van der Waals surface area contributed by atoms with E-state index in [0.29, 0.717) is 11.7 Å². The van der Waals surface area contributed by atoms with Gasteiger partial charge in [-0.05, 0) is 37.8 Å². The first-order valence-electron chi connectivity index (χ1n) is 5.88. The first kappa shape index (κ1) is 11.2. The third kappa shape index (κ3) is 2.27. The van der Waals surface area contributed by atoms with Crippen LogP contribution in [0, 0.1) is 0 Å². The van der Waals surface area contributed by atoms with E-state index in [1.165, 1.54) is 0 Å². The minimum Gasteiger partial charge on any atom is -0.396 e. The van der Waals surface area contributed by atoms with Gasteiger partial charge in [-0.2, -0.15) is 0 Å². The van der Waals surface area contributed by atoms with Crippen LogP contribution in [0.1, 0.15) is 36.2 Å². The molecule has 1 saturated heterocycles. The lowest BCUT2D eigenvalue weighted by atomic mass is 10.1. The summed E-state index contributed by atoms with van der Waals surface area (Å²) in [7, 11) is 0. The van der Waals surface area contributed by atoms with Crippen molar-refractivity contribution in [1.82, 2.24) is 9.88 Å². The van der Waals surface area contributed by atoms with Gasteiger partial charge in [-0.3, -0.25) is 4.79 Å². The maximum Gasteiger partial charge on any atom is 0.270 e. The Morgan fingerprint density at radius 3 is 3.19 bits per heavy atom. The van der Waals surface area contributed by atoms with E-state index in [-0.39, 0.29) is 12.5 Å². The Kier molecular flexibility index (Phi) is 3.62. The van der Waals surface area contributed by atoms with E-state index in [2.05, 4.69) is 4.98 Å². The Morgan fingerprint density at radius 2 is 2.50 bits per heavy atom. The number of aromatic amines is 1. The smallest absolute Gasteiger partial charge is 0.270 e. The van der Waals surface area contributed by atoms with Crippen molar-refractivity contribution in [3.63, 3.8) is 0 Å². The average Bonchev–Trinajstić information content (AvgIpc) is 2.96. The molecule has 0 spiro atoms. The van der Waals surface area contributed by atoms with Crippen LogP contribution in [0.15, 0.2) is 18.3 Å². The van der Waals surface area contributed by atoms with Crippen LogP contribution in [-0.2, 0) is 0 Å². The Hall–Kier alpha value is -1.29. The number of carbonyl (C=O) groups is 1. The number of aliphatic hydroxyl groups excluding tert-OH is 1. The number of likely N-dealkylation sites (tertiary alicyclic amines) is 1. The van der Waals surface area contributed by atoms with E-state index < -0.39 is 0 Å². The van der Waals surface area contributed by atoms with E-state index in [0.717, 1.165) is 32.2 Å². The summed E-state index contributed by atoms with van der Waals surface area (Å²) in [6.07, 6.45) is 5.59. The Labute approximate surface area is 95.3 Å². The molecule has 0 radical (unpaired) electrons. The number of rotatable bonds is 4. The van der Waals surface area contributed by atoms with E-state index >= 15 is 0 Å². The van der Waals surface area contributed by atoms with Crippen LogP contribution in [0.5, 0.6) is 0 Å². The number of nitrogens with one attached hydrogen (secondary N) is 1. The SMILES string of the molecule is O=C(c1ccc[nH]1)N1CCCC1CCCO. The molecule has 0 aromatic carbocycles. The molecule has 16 heavy (non-hydrogen) atoms. The molecule has 1 amide bonds. The number of nitrogens with zero attached hydrogens (tertiary/aromatic N) is 1. The van der Waals surface area contributed by atoms with Crippen molar-refractivity contribution in [3.05, 3.63) is 24.0 Å². The second-order valence-electron chi connectivity index (χ2n) is 4.24. The van der Waals surface area contributed by atoms with Crippen molar-refractivity contribution in [2.24, 2.45) is 0 Å². The highest BCUT2D eigenvalue weighted by molar-refractivity contribution is 5.92. The van der Waals surface area contributed by atoms with E-state index in [4.69, 9.17) is 5.11 Å². The van der Waals surface area contributed by atoms with Gasteiger partial charge >= 0.3 is 0 Å². The zero-order valence-corrected chi connectivity index (χ0v) is 9.35. The monoisotopic (exact) mass is 222 g/mol. The second-order valence-corrected chi connectivity index (χ2v) is 4.24. The highest BCUT2D eigenvalue weighted by atomic mass is 16.3. The Bertz CT molecular complexity index is 335. The van der Waals surface area contributed by atoms with Crippen molar-refractivity contribution >= 4 is 5.91 Å². The minimum absolute atomic E-state index is 0.0884. The molecule has 0 bridgehead atoms. The fourth-order valence-electron chi connectivity index (χ4n) is 2.35. The van der Waals surface area contributed by atoms with Gasteiger partial charge in [0.1, 0.15) is 5.69 Å². The van der Waals surface area contributed by atoms with Crippen molar-refractivity contribution in [3.8, 4) is 0 Å². The maximum absolute atomic E-state index is 12.1. The van der Waals surface area contributed by atoms with Crippen LogP contribution >= 0.6 is 0 Å². The first-order valence-corrected chi connectivity index (χ1v) is 5.88. The zero-order chi connectivity index (χ0) is 11.4. The van der Waals surface area contributed by atoms with Crippen molar-refractivity contribution < 1.29 is 9.90 Å². The largest absolute Gasteiger partial charge is 0.396 e. The third-order valence-corrected chi connectivity index (χ3v) is 3.16. The molecule has 1 atom stereocenters. The van der Waals surface area contributed by atoms with Crippen LogP contribution in [0.3, 0.4) is 0 Å². The summed E-state index contributed by atoms with van der Waals surface area (Å²) in [6, 6.07) is 3.96. The Balaban J connectivity index is 1.99. The zero-order valence-electron chi connectivity index (χ0n) is 9.35. The lowest BCUT2D eigenvalue weighted by molar-refractivity contribution is 0.0719. The molecule has 1 fully saturated rings. The van der Waals surface area contributed by atoms with E-state index in [9.17, 15) is 4.79 Å². The van der Waals surface area contributed by atoms with Gasteiger partial charge in [-0.25, -0.2) is 0 Å². The van der Waals surface area contributed by atoms with Gasteiger partial charge in [0.15, 0.2) is 0 Å². The topological polar surface area (TPSA) is 56.3 Å². The van der Waals surface area contributed by atoms with Crippen LogP contribution in [0.25, 0.3) is 0 Å². The summed E-state index contributed by atoms with van der Waals surface area (Å²) < 4.78 is 0. The number of aliphatic hydroxyl groups is 1. The molecule has 1 aromatic heterocycles. The van der Waals surface area contributed by atoms with Gasteiger partial charge in [0.25, 0.3) is 5.91 Å². The number of amides is 1. The third-order valence-electron chi connectivity index (χ3n) is 3.16. The molecule has 4 heteroatoms. The summed E-state index contributed by atoms with van der Waals surface area (Å²) in [5.74, 6) is 0.0884. The molecular formula is C12H18N2O2. The molecule has 2 N–H and O–H groups in total. The number of hydrogen-bond donors (Lipinski definition) is 2. The van der Waals surface area contributed by atoms with Crippen molar-refractivity contribution in [1.29, 1.82) is 0 Å². The summed E-state index contributed by atoms with van der Waals surface area (Å²) in [5.41, 5.74) is 0.663. The van der Waals surface area contributed by atoms with Gasteiger partial charge in [0.2, 0.25) is 0 Å². The van der Waals surface area contributed by atoms with Crippen LogP contribution in [-0.4, -0.2) is 40.1 Å². The molecule has 1 aliphatic rings. The van der Waals surface area contributed by atoms with Crippen LogP contribution in [0.2, 0.25) is 0 Å². The number of carbonyl (C=O) groups excluding carboxylic acids is 1. The first-order chi connectivity index (χ1) is 7.83. The quantitative estimate of drug-likeness (QED) is 0.809. The molecule has 1 unspecified atom stereocenters. The van der Waals surface area contributed by atoms with Gasteiger partial charge in [0, 0.05) is 25.4 Å². The summed E-state index contributed by atoms with van der Waals surface area (Å²) in [6.45, 7) is 1.05. The molecule has 0 saturated carbocycles. The average molecular weight is 222 g/mol. The molecule has 2 rings (SSSR count). The molecule has 1 aromatic rings. The van der Waals surface area contributed by atoms with Crippen molar-refractivity contribution in [2.45, 2.75) is 31.7 Å². The fourth-order valence-corrected chi connectivity index (χ4v) is 2.35. The molecule has 2 heterocycles. The maximum atomic E-state index is 12.1.